The third-order valence-corrected chi connectivity index (χ3v) is 3.45. The number of amides is 2. The van der Waals surface area contributed by atoms with Crippen molar-refractivity contribution in [1.82, 2.24) is 4.90 Å². The van der Waals surface area contributed by atoms with E-state index in [2.05, 4.69) is 5.32 Å². The van der Waals surface area contributed by atoms with Gasteiger partial charge < -0.3 is 21.7 Å². The molecule has 20 heavy (non-hydrogen) atoms. The fourth-order valence-corrected chi connectivity index (χ4v) is 2.35. The zero-order valence-corrected chi connectivity index (χ0v) is 11.4. The van der Waals surface area contributed by atoms with Gasteiger partial charge in [0, 0.05) is 24.5 Å². The van der Waals surface area contributed by atoms with Crippen LogP contribution in [-0.4, -0.2) is 36.3 Å². The average Bonchev–Trinajstić information content (AvgIpc) is 2.45. The molecule has 0 atom stereocenters. The van der Waals surface area contributed by atoms with E-state index < -0.39 is 5.91 Å². The fourth-order valence-electron chi connectivity index (χ4n) is 2.35. The molecule has 0 aliphatic carbocycles. The number of likely N-dealkylation sites (tertiary alicyclic amines) is 1. The zero-order valence-electron chi connectivity index (χ0n) is 11.4. The molecule has 2 rings (SSSR count). The van der Waals surface area contributed by atoms with Gasteiger partial charge in [-0.3, -0.25) is 9.59 Å². The highest BCUT2D eigenvalue weighted by Gasteiger charge is 2.17. The molecular formula is C14H20N4O2. The Morgan fingerprint density at radius 2 is 1.90 bits per heavy atom. The second kappa shape index (κ2) is 6.27. The Balaban J connectivity index is 2.01. The lowest BCUT2D eigenvalue weighted by molar-refractivity contribution is -0.130. The van der Waals surface area contributed by atoms with Crippen molar-refractivity contribution in [2.75, 3.05) is 30.7 Å². The summed E-state index contributed by atoms with van der Waals surface area (Å²) in [6.45, 7) is 1.75. The summed E-state index contributed by atoms with van der Waals surface area (Å²) in [5.74, 6) is -0.513. The highest BCUT2D eigenvalue weighted by molar-refractivity contribution is 5.99. The summed E-state index contributed by atoms with van der Waals surface area (Å²) in [6, 6.07) is 4.78. The van der Waals surface area contributed by atoms with Crippen molar-refractivity contribution >= 4 is 23.2 Å². The normalized spacial score (nSPS) is 14.9. The zero-order chi connectivity index (χ0) is 14.5. The third kappa shape index (κ3) is 3.40. The third-order valence-electron chi connectivity index (χ3n) is 3.45. The van der Waals surface area contributed by atoms with Crippen LogP contribution in [-0.2, 0) is 4.79 Å². The van der Waals surface area contributed by atoms with Gasteiger partial charge in [0.1, 0.15) is 0 Å². The minimum Gasteiger partial charge on any atom is -0.399 e. The van der Waals surface area contributed by atoms with Crippen molar-refractivity contribution in [3.8, 4) is 0 Å². The minimum absolute atomic E-state index is 0.0301. The summed E-state index contributed by atoms with van der Waals surface area (Å²) in [5.41, 5.74) is 12.3. The van der Waals surface area contributed by atoms with Crippen LogP contribution in [0.4, 0.5) is 11.4 Å². The van der Waals surface area contributed by atoms with Crippen LogP contribution in [0, 0.1) is 0 Å². The molecule has 0 unspecified atom stereocenters. The second-order valence-corrected chi connectivity index (χ2v) is 4.96. The van der Waals surface area contributed by atoms with Crippen LogP contribution in [0.3, 0.4) is 0 Å². The molecule has 108 valence electrons. The topological polar surface area (TPSA) is 101 Å². The van der Waals surface area contributed by atoms with Crippen molar-refractivity contribution in [1.29, 1.82) is 0 Å². The molecule has 1 aliphatic rings. The van der Waals surface area contributed by atoms with Crippen molar-refractivity contribution in [2.24, 2.45) is 5.73 Å². The Hall–Kier alpha value is -2.24. The molecule has 2 amide bonds. The van der Waals surface area contributed by atoms with Crippen LogP contribution in [0.2, 0.25) is 0 Å². The molecule has 1 aromatic rings. The number of anilines is 2. The number of piperidine rings is 1. The van der Waals surface area contributed by atoms with Gasteiger partial charge in [-0.05, 0) is 37.5 Å². The summed E-state index contributed by atoms with van der Waals surface area (Å²) in [7, 11) is 0. The van der Waals surface area contributed by atoms with Crippen LogP contribution in [0.5, 0.6) is 0 Å². The van der Waals surface area contributed by atoms with Gasteiger partial charge in [0.25, 0.3) is 5.91 Å². The highest BCUT2D eigenvalue weighted by atomic mass is 16.2. The number of benzene rings is 1. The molecule has 1 saturated heterocycles. The van der Waals surface area contributed by atoms with Gasteiger partial charge in [-0.2, -0.15) is 0 Å². The maximum atomic E-state index is 12.1. The molecule has 1 aliphatic heterocycles. The Bertz CT molecular complexity index is 510. The van der Waals surface area contributed by atoms with E-state index in [9.17, 15) is 9.59 Å². The van der Waals surface area contributed by atoms with Crippen LogP contribution in [0.1, 0.15) is 29.6 Å². The molecule has 0 radical (unpaired) electrons. The number of hydrogen-bond acceptors (Lipinski definition) is 4. The van der Waals surface area contributed by atoms with E-state index in [1.165, 1.54) is 6.42 Å². The Morgan fingerprint density at radius 1 is 1.20 bits per heavy atom. The first-order valence-electron chi connectivity index (χ1n) is 6.79. The van der Waals surface area contributed by atoms with E-state index in [-0.39, 0.29) is 12.5 Å². The average molecular weight is 276 g/mol. The van der Waals surface area contributed by atoms with Crippen LogP contribution in [0.25, 0.3) is 0 Å². The molecule has 1 fully saturated rings. The summed E-state index contributed by atoms with van der Waals surface area (Å²) in [4.78, 5) is 25.2. The largest absolute Gasteiger partial charge is 0.399 e. The predicted octanol–water partition coefficient (Wildman–Crippen LogP) is 0.792. The van der Waals surface area contributed by atoms with Crippen LogP contribution in [0.15, 0.2) is 18.2 Å². The molecule has 1 heterocycles. The van der Waals surface area contributed by atoms with Gasteiger partial charge in [-0.1, -0.05) is 0 Å². The first-order chi connectivity index (χ1) is 9.58. The summed E-state index contributed by atoms with van der Waals surface area (Å²) >= 11 is 0. The monoisotopic (exact) mass is 276 g/mol. The summed E-state index contributed by atoms with van der Waals surface area (Å²) in [6.07, 6.45) is 3.28. The fraction of sp³-hybridized carbons (Fsp3) is 0.429. The van der Waals surface area contributed by atoms with Crippen molar-refractivity contribution in [2.45, 2.75) is 19.3 Å². The molecule has 0 saturated carbocycles. The van der Waals surface area contributed by atoms with Gasteiger partial charge in [0.2, 0.25) is 5.91 Å². The number of nitrogens with zero attached hydrogens (tertiary/aromatic N) is 1. The predicted molar refractivity (Wildman–Crippen MR) is 78.3 cm³/mol. The molecule has 1 aromatic carbocycles. The molecule has 0 spiro atoms. The van der Waals surface area contributed by atoms with E-state index >= 15 is 0 Å². The SMILES string of the molecule is NC(=O)c1ccc(N)cc1NCC(=O)N1CCCCC1. The molecular weight excluding hydrogens is 256 g/mol. The highest BCUT2D eigenvalue weighted by Crippen LogP contribution is 2.19. The maximum Gasteiger partial charge on any atom is 0.250 e. The summed E-state index contributed by atoms with van der Waals surface area (Å²) < 4.78 is 0. The van der Waals surface area contributed by atoms with E-state index in [0.29, 0.717) is 16.9 Å². The lowest BCUT2D eigenvalue weighted by Gasteiger charge is -2.27. The van der Waals surface area contributed by atoms with E-state index in [0.717, 1.165) is 25.9 Å². The standard InChI is InChI=1S/C14H20N4O2/c15-10-4-5-11(14(16)20)12(8-10)17-9-13(19)18-6-2-1-3-7-18/h4-5,8,17H,1-3,6-7,9,15H2,(H2,16,20). The summed E-state index contributed by atoms with van der Waals surface area (Å²) in [5, 5.41) is 2.96. The van der Waals surface area contributed by atoms with Gasteiger partial charge in [-0.25, -0.2) is 0 Å². The van der Waals surface area contributed by atoms with Crippen molar-refractivity contribution in [3.05, 3.63) is 23.8 Å². The Kier molecular flexibility index (Phi) is 4.45. The van der Waals surface area contributed by atoms with E-state index in [1.54, 1.807) is 18.2 Å². The number of primary amides is 1. The second-order valence-electron chi connectivity index (χ2n) is 4.96. The number of hydrogen-bond donors (Lipinski definition) is 3. The van der Waals surface area contributed by atoms with E-state index in [4.69, 9.17) is 11.5 Å². The van der Waals surface area contributed by atoms with Crippen LogP contribution >= 0.6 is 0 Å². The molecule has 0 bridgehead atoms. The van der Waals surface area contributed by atoms with Crippen molar-refractivity contribution < 1.29 is 9.59 Å². The maximum absolute atomic E-state index is 12.1. The molecule has 0 aromatic heterocycles. The minimum atomic E-state index is -0.544. The number of rotatable bonds is 4. The lowest BCUT2D eigenvalue weighted by atomic mass is 10.1. The van der Waals surface area contributed by atoms with Gasteiger partial charge in [0.05, 0.1) is 12.1 Å². The van der Waals surface area contributed by atoms with Gasteiger partial charge >= 0.3 is 0 Å². The van der Waals surface area contributed by atoms with Crippen molar-refractivity contribution in [3.63, 3.8) is 0 Å². The molecule has 6 nitrogen and oxygen atoms in total. The molecule has 5 N–H and O–H groups in total. The first-order valence-corrected chi connectivity index (χ1v) is 6.79. The first kappa shape index (κ1) is 14.2. The molecule has 6 heteroatoms. The Labute approximate surface area is 118 Å². The number of nitrogens with one attached hydrogen (secondary N) is 1. The lowest BCUT2D eigenvalue weighted by Crippen LogP contribution is -2.39. The number of nitrogen functional groups attached to an aromatic ring is 1. The van der Waals surface area contributed by atoms with Gasteiger partial charge in [-0.15, -0.1) is 0 Å². The van der Waals surface area contributed by atoms with E-state index in [1.807, 2.05) is 4.90 Å². The quantitative estimate of drug-likeness (QED) is 0.708. The van der Waals surface area contributed by atoms with Crippen LogP contribution < -0.4 is 16.8 Å². The number of carbonyl (C=O) groups excluding carboxylic acids is 2. The Morgan fingerprint density at radius 3 is 2.55 bits per heavy atom. The smallest absolute Gasteiger partial charge is 0.250 e. The number of nitrogens with two attached hydrogens (primary N) is 2. The van der Waals surface area contributed by atoms with Gasteiger partial charge in [0.15, 0.2) is 0 Å². The number of carbonyl (C=O) groups is 2.